The Morgan fingerprint density at radius 1 is 1.38 bits per heavy atom. The third-order valence-corrected chi connectivity index (χ3v) is 1.73. The van der Waals surface area contributed by atoms with Gasteiger partial charge in [-0.3, -0.25) is 9.59 Å². The second-order valence-electron chi connectivity index (χ2n) is 2.67. The number of hydrogen-bond acceptors (Lipinski definition) is 2. The van der Waals surface area contributed by atoms with Crippen LogP contribution in [0.1, 0.15) is 6.42 Å². The van der Waals surface area contributed by atoms with Gasteiger partial charge in [-0.15, -0.1) is 12.3 Å². The lowest BCUT2D eigenvalue weighted by Crippen LogP contribution is -2.39. The molecule has 0 fully saturated rings. The summed E-state index contributed by atoms with van der Waals surface area (Å²) in [7, 11) is 1.54. The molecule has 1 rings (SSSR count). The molecule has 0 saturated heterocycles. The van der Waals surface area contributed by atoms with E-state index in [4.69, 9.17) is 6.42 Å². The second-order valence-corrected chi connectivity index (χ2v) is 2.67. The van der Waals surface area contributed by atoms with Gasteiger partial charge >= 0.3 is 11.1 Å². The minimum atomic E-state index is -0.528. The predicted octanol–water partition coefficient (Wildman–Crippen LogP) is -0.430. The summed E-state index contributed by atoms with van der Waals surface area (Å²) in [4.78, 5) is 22.4. The van der Waals surface area contributed by atoms with Gasteiger partial charge in [0.2, 0.25) is 0 Å². The van der Waals surface area contributed by atoms with Gasteiger partial charge in [0.25, 0.3) is 0 Å². The van der Waals surface area contributed by atoms with Gasteiger partial charge in [-0.2, -0.15) is 0 Å². The lowest BCUT2D eigenvalue weighted by Gasteiger charge is -2.02. The normalized spacial score (nSPS) is 9.54. The molecule has 0 N–H and O–H groups in total. The molecule has 0 saturated carbocycles. The fourth-order valence-electron chi connectivity index (χ4n) is 0.951. The lowest BCUT2D eigenvalue weighted by molar-refractivity contribution is 0.649. The minimum absolute atomic E-state index is 0.394. The molecular weight excluding hydrogens is 168 g/mol. The molecular formula is C9H10N2O2. The molecule has 68 valence electrons. The van der Waals surface area contributed by atoms with Crippen molar-refractivity contribution >= 4 is 0 Å². The van der Waals surface area contributed by atoms with Crippen molar-refractivity contribution in [1.29, 1.82) is 0 Å². The van der Waals surface area contributed by atoms with E-state index in [1.54, 1.807) is 12.4 Å². The number of nitrogens with zero attached hydrogens (tertiary/aromatic N) is 2. The van der Waals surface area contributed by atoms with Gasteiger partial charge in [0, 0.05) is 32.4 Å². The highest BCUT2D eigenvalue weighted by Gasteiger charge is 2.00. The van der Waals surface area contributed by atoms with Crippen molar-refractivity contribution in [1.82, 2.24) is 9.13 Å². The molecule has 0 unspecified atom stereocenters. The van der Waals surface area contributed by atoms with Gasteiger partial charge in [0.15, 0.2) is 0 Å². The average Bonchev–Trinajstić information content (AvgIpc) is 2.13. The molecule has 4 nitrogen and oxygen atoms in total. The van der Waals surface area contributed by atoms with Gasteiger partial charge in [0.1, 0.15) is 0 Å². The number of rotatable bonds is 2. The molecule has 0 amide bonds. The molecule has 0 bridgehead atoms. The molecule has 1 aromatic heterocycles. The summed E-state index contributed by atoms with van der Waals surface area (Å²) in [5.41, 5.74) is -1.06. The third-order valence-electron chi connectivity index (χ3n) is 1.73. The van der Waals surface area contributed by atoms with Gasteiger partial charge < -0.3 is 9.13 Å². The van der Waals surface area contributed by atoms with E-state index in [1.165, 1.54) is 16.2 Å². The molecule has 0 radical (unpaired) electrons. The number of hydrogen-bond donors (Lipinski definition) is 0. The summed E-state index contributed by atoms with van der Waals surface area (Å²) in [5.74, 6) is 2.41. The minimum Gasteiger partial charge on any atom is -0.312 e. The van der Waals surface area contributed by atoms with E-state index in [0.29, 0.717) is 13.0 Å². The molecule has 4 heteroatoms. The van der Waals surface area contributed by atoms with E-state index in [1.807, 2.05) is 0 Å². The highest BCUT2D eigenvalue weighted by atomic mass is 16.2. The van der Waals surface area contributed by atoms with Gasteiger partial charge in [-0.05, 0) is 0 Å². The summed E-state index contributed by atoms with van der Waals surface area (Å²) < 4.78 is 2.57. The fraction of sp³-hybridized carbons (Fsp3) is 0.333. The van der Waals surface area contributed by atoms with Crippen LogP contribution >= 0.6 is 0 Å². The molecule has 0 aliphatic rings. The Hall–Kier alpha value is -1.76. The van der Waals surface area contributed by atoms with E-state index in [9.17, 15) is 9.59 Å². The van der Waals surface area contributed by atoms with Crippen LogP contribution in [-0.4, -0.2) is 9.13 Å². The molecule has 13 heavy (non-hydrogen) atoms. The van der Waals surface area contributed by atoms with Crippen LogP contribution in [0.3, 0.4) is 0 Å². The Morgan fingerprint density at radius 2 is 2.08 bits per heavy atom. The van der Waals surface area contributed by atoms with Gasteiger partial charge in [0.05, 0.1) is 0 Å². The molecule has 1 aromatic rings. The highest BCUT2D eigenvalue weighted by Crippen LogP contribution is 1.82. The molecule has 0 aromatic carbocycles. The Balaban J connectivity index is 3.14. The number of aryl methyl sites for hydroxylation is 2. The van der Waals surface area contributed by atoms with Gasteiger partial charge in [-0.25, -0.2) is 0 Å². The first-order valence-corrected chi connectivity index (χ1v) is 3.86. The van der Waals surface area contributed by atoms with Crippen molar-refractivity contribution in [2.45, 2.75) is 13.0 Å². The summed E-state index contributed by atoms with van der Waals surface area (Å²) in [6.45, 7) is 0.394. The number of terminal acetylenes is 1. The van der Waals surface area contributed by atoms with E-state index >= 15 is 0 Å². The summed E-state index contributed by atoms with van der Waals surface area (Å²) in [6.07, 6.45) is 8.60. The molecule has 1 heterocycles. The van der Waals surface area contributed by atoms with Crippen molar-refractivity contribution in [3.05, 3.63) is 33.1 Å². The Morgan fingerprint density at radius 3 is 2.69 bits per heavy atom. The molecule has 0 atom stereocenters. The maximum absolute atomic E-state index is 11.3. The van der Waals surface area contributed by atoms with Crippen molar-refractivity contribution in [3.63, 3.8) is 0 Å². The van der Waals surface area contributed by atoms with E-state index in [-0.39, 0.29) is 0 Å². The molecule has 0 spiro atoms. The van der Waals surface area contributed by atoms with Crippen molar-refractivity contribution in [3.8, 4) is 12.3 Å². The van der Waals surface area contributed by atoms with E-state index < -0.39 is 11.1 Å². The van der Waals surface area contributed by atoms with Crippen molar-refractivity contribution in [2.75, 3.05) is 0 Å². The van der Waals surface area contributed by atoms with Crippen LogP contribution in [-0.2, 0) is 13.6 Å². The Bertz CT molecular complexity index is 448. The monoisotopic (exact) mass is 178 g/mol. The fourth-order valence-corrected chi connectivity index (χ4v) is 0.951. The first kappa shape index (κ1) is 9.33. The molecule has 0 aliphatic heterocycles. The maximum Gasteiger partial charge on any atom is 0.316 e. The predicted molar refractivity (Wildman–Crippen MR) is 49.4 cm³/mol. The standard InChI is InChI=1S/C9H10N2O2/c1-3-4-5-11-7-6-10(2)8(12)9(11)13/h1,6-7H,4-5H2,2H3. The van der Waals surface area contributed by atoms with Crippen LogP contribution < -0.4 is 11.1 Å². The zero-order valence-corrected chi connectivity index (χ0v) is 7.36. The lowest BCUT2D eigenvalue weighted by atomic mass is 10.4. The van der Waals surface area contributed by atoms with E-state index in [2.05, 4.69) is 5.92 Å². The van der Waals surface area contributed by atoms with Crippen LogP contribution in [0.25, 0.3) is 0 Å². The Kier molecular flexibility index (Phi) is 2.70. The number of aromatic nitrogens is 2. The first-order valence-electron chi connectivity index (χ1n) is 3.86. The summed E-state index contributed by atoms with van der Waals surface area (Å²) >= 11 is 0. The quantitative estimate of drug-likeness (QED) is 0.455. The Labute approximate surface area is 75.4 Å². The largest absolute Gasteiger partial charge is 0.316 e. The smallest absolute Gasteiger partial charge is 0.312 e. The SMILES string of the molecule is C#CCCn1ccn(C)c(=O)c1=O. The zero-order chi connectivity index (χ0) is 9.84. The third kappa shape index (κ3) is 1.88. The van der Waals surface area contributed by atoms with E-state index in [0.717, 1.165) is 0 Å². The van der Waals surface area contributed by atoms with Crippen LogP contribution in [0.5, 0.6) is 0 Å². The topological polar surface area (TPSA) is 44.0 Å². The second kappa shape index (κ2) is 3.76. The zero-order valence-electron chi connectivity index (χ0n) is 7.36. The van der Waals surface area contributed by atoms with Crippen LogP contribution in [0.2, 0.25) is 0 Å². The van der Waals surface area contributed by atoms with Crippen LogP contribution in [0, 0.1) is 12.3 Å². The van der Waals surface area contributed by atoms with Crippen molar-refractivity contribution < 1.29 is 0 Å². The summed E-state index contributed by atoms with van der Waals surface area (Å²) in [5, 5.41) is 0. The van der Waals surface area contributed by atoms with Crippen molar-refractivity contribution in [2.24, 2.45) is 7.05 Å². The average molecular weight is 178 g/mol. The molecule has 0 aliphatic carbocycles. The highest BCUT2D eigenvalue weighted by molar-refractivity contribution is 4.88. The van der Waals surface area contributed by atoms with Crippen LogP contribution in [0.15, 0.2) is 22.0 Å². The first-order chi connectivity index (χ1) is 6.16. The van der Waals surface area contributed by atoms with Gasteiger partial charge in [-0.1, -0.05) is 0 Å². The summed E-state index contributed by atoms with van der Waals surface area (Å²) in [6, 6.07) is 0. The van der Waals surface area contributed by atoms with Crippen LogP contribution in [0.4, 0.5) is 0 Å². The maximum atomic E-state index is 11.3.